The van der Waals surface area contributed by atoms with Gasteiger partial charge in [-0.1, -0.05) is 29.8 Å². The smallest absolute Gasteiger partial charge is 0.306 e. The average Bonchev–Trinajstić information content (AvgIpc) is 2.36. The third-order valence-corrected chi connectivity index (χ3v) is 3.68. The molecule has 0 heterocycles. The van der Waals surface area contributed by atoms with Gasteiger partial charge in [-0.05, 0) is 18.2 Å². The van der Waals surface area contributed by atoms with E-state index in [-0.39, 0.29) is 5.78 Å². The van der Waals surface area contributed by atoms with Crippen LogP contribution in [-0.2, 0) is 4.79 Å². The zero-order chi connectivity index (χ0) is 13.9. The lowest BCUT2D eigenvalue weighted by molar-refractivity contribution is -0.142. The second kappa shape index (κ2) is 6.00. The number of halogens is 1. The van der Waals surface area contributed by atoms with E-state index in [1.807, 2.05) is 0 Å². The topological polar surface area (TPSA) is 63.6 Å². The molecule has 98 valence electrons. The van der Waals surface area contributed by atoms with E-state index in [0.29, 0.717) is 15.8 Å². The van der Waals surface area contributed by atoms with Crippen molar-refractivity contribution in [2.24, 2.45) is 11.8 Å². The highest BCUT2D eigenvalue weighted by Crippen LogP contribution is 2.27. The fraction of sp³-hybridized carbons (Fsp3) is 0.385. The molecule has 2 atom stereocenters. The number of rotatable bonds is 5. The molecule has 0 aliphatic carbocycles. The number of hydrogen-bond donors (Lipinski definition) is 1. The zero-order valence-electron chi connectivity index (χ0n) is 10.4. The highest BCUT2D eigenvalue weighted by atomic mass is 79.9. The summed E-state index contributed by atoms with van der Waals surface area (Å²) in [5.41, 5.74) is 0.440. The molecule has 4 nitrogen and oxygen atoms in total. The number of Topliss-reactive ketones (excluding diaryl/α,β-unsaturated/α-hetero) is 1. The van der Waals surface area contributed by atoms with Gasteiger partial charge in [-0.25, -0.2) is 0 Å². The molecule has 0 saturated carbocycles. The summed E-state index contributed by atoms with van der Waals surface area (Å²) in [6.45, 7) is 3.14. The molecule has 5 heteroatoms. The van der Waals surface area contributed by atoms with E-state index < -0.39 is 17.8 Å². The van der Waals surface area contributed by atoms with E-state index in [1.165, 1.54) is 14.0 Å². The molecule has 1 aromatic carbocycles. The van der Waals surface area contributed by atoms with Gasteiger partial charge >= 0.3 is 5.97 Å². The van der Waals surface area contributed by atoms with E-state index in [1.54, 1.807) is 25.1 Å². The Labute approximate surface area is 114 Å². The van der Waals surface area contributed by atoms with Crippen molar-refractivity contribution in [3.63, 3.8) is 0 Å². The molecule has 0 aliphatic rings. The Kier molecular flexibility index (Phi) is 4.90. The number of ketones is 1. The maximum absolute atomic E-state index is 12.2. The summed E-state index contributed by atoms with van der Waals surface area (Å²) in [4.78, 5) is 23.1. The van der Waals surface area contributed by atoms with Gasteiger partial charge in [-0.3, -0.25) is 9.59 Å². The summed E-state index contributed by atoms with van der Waals surface area (Å²) in [6.07, 6.45) is 0. The molecule has 2 unspecified atom stereocenters. The standard InChI is InChI=1S/C13H15BrO4/c1-7(8(2)13(16)17)12(15)10-6-9(18-3)4-5-11(10)14/h4-8H,1-3H3,(H,16,17). The Morgan fingerprint density at radius 3 is 2.39 bits per heavy atom. The Balaban J connectivity index is 3.06. The number of carbonyl (C=O) groups is 2. The van der Waals surface area contributed by atoms with Crippen molar-refractivity contribution in [2.75, 3.05) is 7.11 Å². The van der Waals surface area contributed by atoms with E-state index in [0.717, 1.165) is 0 Å². The largest absolute Gasteiger partial charge is 0.497 e. The number of carbonyl (C=O) groups excluding carboxylic acids is 1. The Hall–Kier alpha value is -1.36. The number of ether oxygens (including phenoxy) is 1. The minimum absolute atomic E-state index is 0.212. The summed E-state index contributed by atoms with van der Waals surface area (Å²) in [5, 5.41) is 8.93. The molecule has 0 saturated heterocycles. The van der Waals surface area contributed by atoms with Crippen LogP contribution >= 0.6 is 15.9 Å². The van der Waals surface area contributed by atoms with Crippen LogP contribution in [0.2, 0.25) is 0 Å². The molecule has 0 amide bonds. The van der Waals surface area contributed by atoms with Crippen molar-refractivity contribution >= 4 is 27.7 Å². The maximum Gasteiger partial charge on any atom is 0.306 e. The zero-order valence-corrected chi connectivity index (χ0v) is 12.0. The van der Waals surface area contributed by atoms with Gasteiger partial charge in [0, 0.05) is 16.0 Å². The van der Waals surface area contributed by atoms with Crippen molar-refractivity contribution in [3.05, 3.63) is 28.2 Å². The number of methoxy groups -OCH3 is 1. The number of aliphatic carboxylic acids is 1. The second-order valence-corrected chi connectivity index (χ2v) is 4.98. The molecule has 0 bridgehead atoms. The molecule has 0 spiro atoms. The van der Waals surface area contributed by atoms with Gasteiger partial charge in [0.2, 0.25) is 0 Å². The quantitative estimate of drug-likeness (QED) is 0.849. The Morgan fingerprint density at radius 1 is 1.28 bits per heavy atom. The van der Waals surface area contributed by atoms with Crippen LogP contribution in [0.3, 0.4) is 0 Å². The number of carboxylic acids is 1. The molecule has 1 rings (SSSR count). The summed E-state index contributed by atoms with van der Waals surface area (Å²) < 4.78 is 5.70. The fourth-order valence-corrected chi connectivity index (χ4v) is 1.95. The Morgan fingerprint density at radius 2 is 1.89 bits per heavy atom. The molecule has 0 aromatic heterocycles. The van der Waals surface area contributed by atoms with Crippen molar-refractivity contribution in [1.29, 1.82) is 0 Å². The molecular formula is C13H15BrO4. The van der Waals surface area contributed by atoms with Gasteiger partial charge in [0.05, 0.1) is 13.0 Å². The van der Waals surface area contributed by atoms with Crippen molar-refractivity contribution in [1.82, 2.24) is 0 Å². The molecule has 1 aromatic rings. The number of hydrogen-bond acceptors (Lipinski definition) is 3. The van der Waals surface area contributed by atoms with E-state index in [4.69, 9.17) is 9.84 Å². The van der Waals surface area contributed by atoms with Crippen LogP contribution in [0.25, 0.3) is 0 Å². The van der Waals surface area contributed by atoms with Crippen LogP contribution in [0.15, 0.2) is 22.7 Å². The lowest BCUT2D eigenvalue weighted by Crippen LogP contribution is -2.25. The lowest BCUT2D eigenvalue weighted by Gasteiger charge is -2.16. The second-order valence-electron chi connectivity index (χ2n) is 4.13. The van der Waals surface area contributed by atoms with E-state index in [2.05, 4.69) is 15.9 Å². The van der Waals surface area contributed by atoms with Gasteiger partial charge in [0.15, 0.2) is 5.78 Å². The number of carboxylic acid groups (broad SMARTS) is 1. The average molecular weight is 315 g/mol. The van der Waals surface area contributed by atoms with Crippen LogP contribution in [-0.4, -0.2) is 24.0 Å². The van der Waals surface area contributed by atoms with Crippen LogP contribution in [0.5, 0.6) is 5.75 Å². The summed E-state index contributed by atoms with van der Waals surface area (Å²) in [7, 11) is 1.51. The molecule has 0 aliphatic heterocycles. The fourth-order valence-electron chi connectivity index (χ4n) is 1.51. The summed E-state index contributed by atoms with van der Waals surface area (Å²) in [6, 6.07) is 5.05. The highest BCUT2D eigenvalue weighted by molar-refractivity contribution is 9.10. The minimum atomic E-state index is -0.977. The lowest BCUT2D eigenvalue weighted by atomic mass is 9.88. The van der Waals surface area contributed by atoms with Crippen LogP contribution < -0.4 is 4.74 Å². The molecule has 18 heavy (non-hydrogen) atoms. The summed E-state index contributed by atoms with van der Waals surface area (Å²) >= 11 is 3.29. The third-order valence-electron chi connectivity index (χ3n) is 2.99. The normalized spacial score (nSPS) is 13.8. The van der Waals surface area contributed by atoms with Gasteiger partial charge in [-0.2, -0.15) is 0 Å². The van der Waals surface area contributed by atoms with Crippen LogP contribution in [0.4, 0.5) is 0 Å². The van der Waals surface area contributed by atoms with Gasteiger partial charge < -0.3 is 9.84 Å². The van der Waals surface area contributed by atoms with Crippen molar-refractivity contribution < 1.29 is 19.4 Å². The summed E-state index contributed by atoms with van der Waals surface area (Å²) in [5.74, 6) is -1.94. The first-order valence-corrected chi connectivity index (χ1v) is 6.28. The van der Waals surface area contributed by atoms with Crippen molar-refractivity contribution in [2.45, 2.75) is 13.8 Å². The minimum Gasteiger partial charge on any atom is -0.497 e. The molecule has 1 N–H and O–H groups in total. The van der Waals surface area contributed by atoms with Gasteiger partial charge in [-0.15, -0.1) is 0 Å². The predicted molar refractivity (Wildman–Crippen MR) is 71.0 cm³/mol. The van der Waals surface area contributed by atoms with Gasteiger partial charge in [0.1, 0.15) is 5.75 Å². The number of benzene rings is 1. The molecule has 0 radical (unpaired) electrons. The molecule has 0 fully saturated rings. The van der Waals surface area contributed by atoms with E-state index in [9.17, 15) is 9.59 Å². The Bertz CT molecular complexity index is 470. The maximum atomic E-state index is 12.2. The third kappa shape index (κ3) is 3.10. The van der Waals surface area contributed by atoms with Crippen LogP contribution in [0, 0.1) is 11.8 Å². The van der Waals surface area contributed by atoms with Crippen LogP contribution in [0.1, 0.15) is 24.2 Å². The first kappa shape index (κ1) is 14.7. The van der Waals surface area contributed by atoms with Crippen molar-refractivity contribution in [3.8, 4) is 5.75 Å². The van der Waals surface area contributed by atoms with E-state index >= 15 is 0 Å². The first-order chi connectivity index (χ1) is 8.38. The monoisotopic (exact) mass is 314 g/mol. The highest BCUT2D eigenvalue weighted by Gasteiger charge is 2.27. The first-order valence-electron chi connectivity index (χ1n) is 5.49. The molecular weight excluding hydrogens is 300 g/mol. The predicted octanol–water partition coefficient (Wildman–Crippen LogP) is 3.00. The SMILES string of the molecule is COc1ccc(Br)c(C(=O)C(C)C(C)C(=O)O)c1. The van der Waals surface area contributed by atoms with Gasteiger partial charge in [0.25, 0.3) is 0 Å².